The number of allylic oxidation sites excluding steroid dienone is 5. The molecule has 0 aromatic carbocycles. The summed E-state index contributed by atoms with van der Waals surface area (Å²) in [6, 6.07) is -0.805. The average molecular weight is 1340 g/mol. The van der Waals surface area contributed by atoms with Crippen molar-refractivity contribution < 1.29 is 49.3 Å². The van der Waals surface area contributed by atoms with E-state index in [1.54, 1.807) is 6.08 Å². The highest BCUT2D eigenvalue weighted by Crippen LogP contribution is 2.24. The van der Waals surface area contributed by atoms with E-state index >= 15 is 0 Å². The Balaban J connectivity index is 1.86. The van der Waals surface area contributed by atoms with Gasteiger partial charge in [0.1, 0.15) is 24.4 Å². The Labute approximate surface area is 587 Å². The van der Waals surface area contributed by atoms with Crippen LogP contribution in [0.15, 0.2) is 36.5 Å². The van der Waals surface area contributed by atoms with Crippen molar-refractivity contribution in [1.29, 1.82) is 0 Å². The van der Waals surface area contributed by atoms with E-state index < -0.39 is 49.5 Å². The minimum atomic E-state index is -1.57. The highest BCUT2D eigenvalue weighted by Gasteiger charge is 2.44. The molecule has 6 N–H and O–H groups in total. The monoisotopic (exact) mass is 1340 g/mol. The zero-order valence-electron chi connectivity index (χ0n) is 62.7. The first kappa shape index (κ1) is 90.9. The standard InChI is InChI=1S/C84H159NO10/c1-3-5-7-9-11-13-15-17-43-48-52-56-60-64-68-72-80(89)93-73-69-65-61-57-53-49-45-42-40-38-36-34-32-30-28-26-24-22-20-18-19-21-23-25-27-29-31-33-35-37-39-41-44-47-51-55-59-63-67-71-79(88)85-76(75-94-84-83(92)82(91)81(90)78(74-86)95-84)77(87)70-66-62-58-54-50-46-16-14-12-10-8-6-4-2/h11,13,17,43,66,70,76-78,81-84,86-87,90-92H,3-10,12,14-16,18-42,44-65,67-69,71-75H2,1-2H3,(H,85,88)/b13-11-,43-17-,70-66+. The van der Waals surface area contributed by atoms with Crippen LogP contribution in [0.25, 0.3) is 0 Å². The summed E-state index contributed by atoms with van der Waals surface area (Å²) >= 11 is 0. The van der Waals surface area contributed by atoms with E-state index in [-0.39, 0.29) is 18.5 Å². The number of ether oxygens (including phenoxy) is 3. The Kier molecular flexibility index (Phi) is 69.9. The molecule has 1 rings (SSSR count). The van der Waals surface area contributed by atoms with E-state index in [0.717, 1.165) is 64.2 Å². The van der Waals surface area contributed by atoms with E-state index in [4.69, 9.17) is 14.2 Å². The van der Waals surface area contributed by atoms with Crippen LogP contribution in [0, 0.1) is 0 Å². The van der Waals surface area contributed by atoms with Crippen LogP contribution in [0.1, 0.15) is 425 Å². The molecule has 0 saturated carbocycles. The zero-order chi connectivity index (χ0) is 68.6. The molecule has 1 heterocycles. The first-order valence-corrected chi connectivity index (χ1v) is 41.8. The van der Waals surface area contributed by atoms with Gasteiger partial charge in [-0.05, 0) is 64.2 Å². The van der Waals surface area contributed by atoms with Crippen molar-refractivity contribution in [3.63, 3.8) is 0 Å². The van der Waals surface area contributed by atoms with Crippen LogP contribution in [-0.4, -0.2) is 100 Å². The van der Waals surface area contributed by atoms with Crippen LogP contribution >= 0.6 is 0 Å². The van der Waals surface area contributed by atoms with Crippen LogP contribution < -0.4 is 5.32 Å². The summed E-state index contributed by atoms with van der Waals surface area (Å²) in [5.74, 6) is -0.168. The van der Waals surface area contributed by atoms with Gasteiger partial charge in [-0.1, -0.05) is 384 Å². The normalized spacial score (nSPS) is 17.5. The summed E-state index contributed by atoms with van der Waals surface area (Å²) in [7, 11) is 0. The molecule has 11 heteroatoms. The summed E-state index contributed by atoms with van der Waals surface area (Å²) < 4.78 is 16.8. The Hall–Kier alpha value is -2.12. The molecule has 0 radical (unpaired) electrons. The van der Waals surface area contributed by atoms with E-state index in [2.05, 4.69) is 43.5 Å². The SMILES string of the molecule is CCCCC/C=C\C/C=C\CCCCCCCC(=O)OCCCCCCCCCCCCCCCCCCCCCCCCCCCCCCCCCCCCCCCCCC(=O)NC(COC1OC(CO)C(O)C(O)C1O)C(O)/C=C/CCCCCCCCCCCCC. The number of carbonyl (C=O) groups is 2. The lowest BCUT2D eigenvalue weighted by Gasteiger charge is -2.40. The van der Waals surface area contributed by atoms with Crippen LogP contribution in [0.4, 0.5) is 0 Å². The predicted molar refractivity (Wildman–Crippen MR) is 403 cm³/mol. The Morgan fingerprint density at radius 3 is 1.08 bits per heavy atom. The fraction of sp³-hybridized carbons (Fsp3) is 0.905. The van der Waals surface area contributed by atoms with Gasteiger partial charge in [-0.2, -0.15) is 0 Å². The number of carbonyl (C=O) groups excluding carboxylic acids is 2. The summed E-state index contributed by atoms with van der Waals surface area (Å²) in [5, 5.41) is 54.6. The molecule has 7 atom stereocenters. The van der Waals surface area contributed by atoms with Gasteiger partial charge in [-0.15, -0.1) is 0 Å². The third-order valence-corrected chi connectivity index (χ3v) is 20.0. The number of amides is 1. The van der Waals surface area contributed by atoms with Gasteiger partial charge in [0.05, 0.1) is 32.0 Å². The van der Waals surface area contributed by atoms with Gasteiger partial charge in [0.25, 0.3) is 0 Å². The van der Waals surface area contributed by atoms with Gasteiger partial charge in [-0.3, -0.25) is 9.59 Å². The first-order chi connectivity index (χ1) is 46.7. The molecule has 560 valence electrons. The maximum atomic E-state index is 13.1. The lowest BCUT2D eigenvalue weighted by atomic mass is 9.99. The van der Waals surface area contributed by atoms with Crippen molar-refractivity contribution in [2.75, 3.05) is 19.8 Å². The second kappa shape index (κ2) is 73.1. The highest BCUT2D eigenvalue weighted by molar-refractivity contribution is 5.76. The molecule has 1 amide bonds. The second-order valence-corrected chi connectivity index (χ2v) is 29.2. The van der Waals surface area contributed by atoms with Crippen molar-refractivity contribution in [1.82, 2.24) is 5.32 Å². The number of rotatable bonds is 75. The lowest BCUT2D eigenvalue weighted by molar-refractivity contribution is -0.302. The van der Waals surface area contributed by atoms with E-state index in [0.29, 0.717) is 19.4 Å². The molecular weight excluding hydrogens is 1180 g/mol. The summed E-state index contributed by atoms with van der Waals surface area (Å²) in [4.78, 5) is 25.2. The van der Waals surface area contributed by atoms with E-state index in [1.807, 2.05) is 6.08 Å². The minimum Gasteiger partial charge on any atom is -0.466 e. The van der Waals surface area contributed by atoms with Crippen LogP contribution in [-0.2, 0) is 23.8 Å². The maximum Gasteiger partial charge on any atom is 0.305 e. The lowest BCUT2D eigenvalue weighted by Crippen LogP contribution is -2.60. The molecule has 1 aliphatic rings. The van der Waals surface area contributed by atoms with Gasteiger partial charge in [-0.25, -0.2) is 0 Å². The molecule has 1 aliphatic heterocycles. The number of esters is 1. The summed E-state index contributed by atoms with van der Waals surface area (Å²) in [6.45, 7) is 4.37. The van der Waals surface area contributed by atoms with E-state index in [1.165, 1.54) is 334 Å². The molecule has 0 aromatic rings. The quantitative estimate of drug-likeness (QED) is 0.0195. The second-order valence-electron chi connectivity index (χ2n) is 29.2. The summed E-state index contributed by atoms with van der Waals surface area (Å²) in [6.07, 6.45) is 86.2. The number of hydrogen-bond donors (Lipinski definition) is 6. The summed E-state index contributed by atoms with van der Waals surface area (Å²) in [5.41, 5.74) is 0. The van der Waals surface area contributed by atoms with Crippen molar-refractivity contribution in [3.05, 3.63) is 36.5 Å². The van der Waals surface area contributed by atoms with Gasteiger partial charge in [0, 0.05) is 12.8 Å². The number of unbranched alkanes of at least 4 members (excludes halogenated alkanes) is 57. The van der Waals surface area contributed by atoms with Crippen LogP contribution in [0.5, 0.6) is 0 Å². The van der Waals surface area contributed by atoms with Crippen molar-refractivity contribution in [3.8, 4) is 0 Å². The predicted octanol–water partition coefficient (Wildman–Crippen LogP) is 22.9. The average Bonchev–Trinajstić information content (AvgIpc) is 0.836. The van der Waals surface area contributed by atoms with Crippen LogP contribution in [0.2, 0.25) is 0 Å². The maximum absolute atomic E-state index is 13.1. The zero-order valence-corrected chi connectivity index (χ0v) is 62.7. The number of aliphatic hydroxyl groups is 5. The van der Waals surface area contributed by atoms with Gasteiger partial charge in [0.15, 0.2) is 6.29 Å². The van der Waals surface area contributed by atoms with Crippen LogP contribution in [0.3, 0.4) is 0 Å². The molecule has 7 unspecified atom stereocenters. The Bertz CT molecular complexity index is 1670. The van der Waals surface area contributed by atoms with E-state index in [9.17, 15) is 35.1 Å². The first-order valence-electron chi connectivity index (χ1n) is 41.8. The van der Waals surface area contributed by atoms with Gasteiger partial charge in [0.2, 0.25) is 5.91 Å². The fourth-order valence-electron chi connectivity index (χ4n) is 13.5. The largest absolute Gasteiger partial charge is 0.466 e. The van der Waals surface area contributed by atoms with Crippen molar-refractivity contribution in [2.45, 2.75) is 468 Å². The number of nitrogens with one attached hydrogen (secondary N) is 1. The molecule has 95 heavy (non-hydrogen) atoms. The number of hydrogen-bond acceptors (Lipinski definition) is 10. The molecule has 1 saturated heterocycles. The van der Waals surface area contributed by atoms with Gasteiger partial charge >= 0.3 is 5.97 Å². The fourth-order valence-corrected chi connectivity index (χ4v) is 13.5. The topological polar surface area (TPSA) is 175 Å². The molecule has 0 aromatic heterocycles. The molecular formula is C84H159NO10. The molecule has 1 fully saturated rings. The van der Waals surface area contributed by atoms with Gasteiger partial charge < -0.3 is 45.1 Å². The third-order valence-electron chi connectivity index (χ3n) is 20.0. The molecule has 11 nitrogen and oxygen atoms in total. The molecule has 0 bridgehead atoms. The highest BCUT2D eigenvalue weighted by atomic mass is 16.7. The third kappa shape index (κ3) is 61.5. The molecule has 0 aliphatic carbocycles. The number of aliphatic hydroxyl groups excluding tert-OH is 5. The van der Waals surface area contributed by atoms with Crippen molar-refractivity contribution in [2.24, 2.45) is 0 Å². The Morgan fingerprint density at radius 2 is 0.705 bits per heavy atom. The smallest absolute Gasteiger partial charge is 0.305 e. The minimum absolute atomic E-state index is 0.00490. The molecule has 0 spiro atoms. The Morgan fingerprint density at radius 1 is 0.389 bits per heavy atom. The van der Waals surface area contributed by atoms with Crippen molar-refractivity contribution >= 4 is 11.9 Å².